The Bertz CT molecular complexity index is 1150. The minimum absolute atomic E-state index is 0.130. The molecule has 7 nitrogen and oxygen atoms in total. The Morgan fingerprint density at radius 1 is 1.23 bits per heavy atom. The molecule has 0 saturated heterocycles. The number of thioether (sulfide) groups is 1. The molecule has 0 aliphatic carbocycles. The molecule has 0 amide bonds. The van der Waals surface area contributed by atoms with Gasteiger partial charge in [-0.3, -0.25) is 4.79 Å². The van der Waals surface area contributed by atoms with Gasteiger partial charge in [0.15, 0.2) is 16.0 Å². The molecule has 1 aromatic carbocycles. The molecule has 10 heteroatoms. The predicted octanol–water partition coefficient (Wildman–Crippen LogP) is 4.84. The van der Waals surface area contributed by atoms with E-state index in [0.29, 0.717) is 21.0 Å². The number of rotatable bonds is 9. The fourth-order valence-electron chi connectivity index (χ4n) is 2.56. The van der Waals surface area contributed by atoms with E-state index in [1.807, 2.05) is 47.8 Å². The Hall–Kier alpha value is -3.00. The molecule has 150 valence electrons. The average Bonchev–Trinajstić information content (AvgIpc) is 3.54. The fraction of sp³-hybridized carbons (Fsp3) is 0.150. The average molecular weight is 454 g/mol. The highest BCUT2D eigenvalue weighted by Crippen LogP contribution is 2.30. The first-order chi connectivity index (χ1) is 14.7. The first-order valence-electron chi connectivity index (χ1n) is 8.88. The van der Waals surface area contributed by atoms with E-state index in [1.165, 1.54) is 34.4 Å². The van der Waals surface area contributed by atoms with Gasteiger partial charge in [-0.15, -0.1) is 21.5 Å². The number of benzene rings is 1. The summed E-state index contributed by atoms with van der Waals surface area (Å²) in [7, 11) is 0. The van der Waals surface area contributed by atoms with Crippen molar-refractivity contribution in [1.29, 1.82) is 5.26 Å². The number of nitriles is 1. The van der Waals surface area contributed by atoms with Gasteiger partial charge in [-0.2, -0.15) is 5.26 Å². The molecule has 0 fully saturated rings. The third kappa shape index (κ3) is 4.94. The monoisotopic (exact) mass is 453 g/mol. The van der Waals surface area contributed by atoms with E-state index in [9.17, 15) is 10.1 Å². The van der Waals surface area contributed by atoms with E-state index in [4.69, 9.17) is 4.42 Å². The van der Waals surface area contributed by atoms with Gasteiger partial charge < -0.3 is 9.73 Å². The third-order valence-electron chi connectivity index (χ3n) is 4.03. The van der Waals surface area contributed by atoms with Crippen molar-refractivity contribution in [3.8, 4) is 17.3 Å². The second-order valence-corrected chi connectivity index (χ2v) is 9.15. The summed E-state index contributed by atoms with van der Waals surface area (Å²) >= 11 is 3.95. The van der Waals surface area contributed by atoms with Gasteiger partial charge in [0, 0.05) is 10.9 Å². The lowest BCUT2D eigenvalue weighted by atomic mass is 10.1. The molecule has 0 saturated carbocycles. The molecule has 1 unspecified atom stereocenters. The number of carbonyl (C=O) groups is 1. The maximum Gasteiger partial charge on any atom is 0.206 e. The summed E-state index contributed by atoms with van der Waals surface area (Å²) in [5.41, 5.74) is 1.73. The van der Waals surface area contributed by atoms with Gasteiger partial charge in [0.05, 0.1) is 30.3 Å². The summed E-state index contributed by atoms with van der Waals surface area (Å²) in [5.74, 6) is -0.156. The normalized spacial score (nSPS) is 11.7. The molecule has 0 bridgehead atoms. The minimum atomic E-state index is -0.885. The largest absolute Gasteiger partial charge is 0.467 e. The topological polar surface area (TPSA) is 105 Å². The van der Waals surface area contributed by atoms with Crippen LogP contribution in [-0.2, 0) is 11.3 Å². The molecule has 3 aromatic heterocycles. The molecule has 4 rings (SSSR count). The van der Waals surface area contributed by atoms with Crippen molar-refractivity contribution in [2.75, 3.05) is 11.1 Å². The smallest absolute Gasteiger partial charge is 0.206 e. The van der Waals surface area contributed by atoms with E-state index in [2.05, 4.69) is 26.6 Å². The number of carbonyl (C=O) groups excluding carboxylic acids is 1. The zero-order valence-electron chi connectivity index (χ0n) is 15.5. The number of thiazole rings is 1. The highest BCUT2D eigenvalue weighted by molar-refractivity contribution is 8.01. The molecule has 0 radical (unpaired) electrons. The third-order valence-corrected chi connectivity index (χ3v) is 6.97. The van der Waals surface area contributed by atoms with Gasteiger partial charge in [0.1, 0.15) is 10.8 Å². The summed E-state index contributed by atoms with van der Waals surface area (Å²) in [5, 5.41) is 23.8. The van der Waals surface area contributed by atoms with E-state index < -0.39 is 5.92 Å². The van der Waals surface area contributed by atoms with Gasteiger partial charge >= 0.3 is 0 Å². The van der Waals surface area contributed by atoms with Crippen molar-refractivity contribution in [1.82, 2.24) is 15.2 Å². The van der Waals surface area contributed by atoms with Crippen LogP contribution >= 0.6 is 34.4 Å². The number of nitrogens with one attached hydrogen (secondary N) is 1. The van der Waals surface area contributed by atoms with E-state index >= 15 is 0 Å². The molecule has 0 aliphatic heterocycles. The number of nitrogens with zero attached hydrogens (tertiary/aromatic N) is 4. The van der Waals surface area contributed by atoms with E-state index in [-0.39, 0.29) is 11.5 Å². The van der Waals surface area contributed by atoms with Crippen LogP contribution in [-0.4, -0.2) is 26.7 Å². The van der Waals surface area contributed by atoms with Crippen molar-refractivity contribution in [2.24, 2.45) is 0 Å². The lowest BCUT2D eigenvalue weighted by Crippen LogP contribution is -2.13. The van der Waals surface area contributed by atoms with Crippen LogP contribution in [0.2, 0.25) is 0 Å². The minimum Gasteiger partial charge on any atom is -0.467 e. The maximum atomic E-state index is 12.6. The number of hydrogen-bond donors (Lipinski definition) is 1. The highest BCUT2D eigenvalue weighted by atomic mass is 32.2. The Kier molecular flexibility index (Phi) is 6.53. The van der Waals surface area contributed by atoms with Crippen LogP contribution < -0.4 is 5.32 Å². The summed E-state index contributed by atoms with van der Waals surface area (Å²) in [6.07, 6.45) is 1.61. The molecular formula is C20H15N5O2S3. The molecule has 0 aliphatic rings. The lowest BCUT2D eigenvalue weighted by molar-refractivity contribution is -0.116. The highest BCUT2D eigenvalue weighted by Gasteiger charge is 2.24. The number of hydrogen-bond acceptors (Lipinski definition) is 10. The molecule has 3 heterocycles. The quantitative estimate of drug-likeness (QED) is 0.359. The fourth-order valence-corrected chi connectivity index (χ4v) is 5.10. The number of anilines is 1. The second kappa shape index (κ2) is 9.67. The zero-order chi connectivity index (χ0) is 20.8. The van der Waals surface area contributed by atoms with Crippen LogP contribution in [0.5, 0.6) is 0 Å². The maximum absolute atomic E-state index is 12.6. The standard InChI is InChI=1S/C20H15N5O2S3/c21-9-15(18-23-16(11-28-18)13-5-2-1-3-6-13)17(26)12-29-20-25-24-19(30-20)22-10-14-7-4-8-27-14/h1-8,11,15H,10,12H2,(H,22,24). The molecule has 0 spiro atoms. The first kappa shape index (κ1) is 20.3. The van der Waals surface area contributed by atoms with Gasteiger partial charge in [0.2, 0.25) is 5.13 Å². The molecule has 30 heavy (non-hydrogen) atoms. The zero-order valence-corrected chi connectivity index (χ0v) is 18.0. The number of ketones is 1. The van der Waals surface area contributed by atoms with Crippen LogP contribution in [0.1, 0.15) is 16.7 Å². The molecular weight excluding hydrogens is 438 g/mol. The van der Waals surface area contributed by atoms with Crippen molar-refractivity contribution in [3.63, 3.8) is 0 Å². The van der Waals surface area contributed by atoms with Gasteiger partial charge in [0.25, 0.3) is 0 Å². The first-order valence-corrected chi connectivity index (χ1v) is 11.6. The Balaban J connectivity index is 1.34. The number of furan rings is 1. The van der Waals surface area contributed by atoms with Gasteiger partial charge in [-0.05, 0) is 12.1 Å². The van der Waals surface area contributed by atoms with Crippen LogP contribution in [0.15, 0.2) is 62.9 Å². The predicted molar refractivity (Wildman–Crippen MR) is 118 cm³/mol. The Morgan fingerprint density at radius 2 is 2.10 bits per heavy atom. The molecule has 1 atom stereocenters. The van der Waals surface area contributed by atoms with Crippen LogP contribution in [0.4, 0.5) is 5.13 Å². The van der Waals surface area contributed by atoms with Crippen molar-refractivity contribution in [3.05, 3.63) is 64.9 Å². The molecule has 1 N–H and O–H groups in total. The summed E-state index contributed by atoms with van der Waals surface area (Å²) in [6, 6.07) is 15.5. The summed E-state index contributed by atoms with van der Waals surface area (Å²) < 4.78 is 5.92. The van der Waals surface area contributed by atoms with Crippen molar-refractivity contribution >= 4 is 45.4 Å². The second-order valence-electron chi connectivity index (χ2n) is 6.06. The molecule has 4 aromatic rings. The van der Waals surface area contributed by atoms with Crippen LogP contribution in [0.25, 0.3) is 11.3 Å². The number of Topliss-reactive ketones (excluding diaryl/α,β-unsaturated/α-hetero) is 1. The van der Waals surface area contributed by atoms with Gasteiger partial charge in [-0.25, -0.2) is 4.98 Å². The van der Waals surface area contributed by atoms with Crippen LogP contribution in [0, 0.1) is 11.3 Å². The lowest BCUT2D eigenvalue weighted by Gasteiger charge is -2.03. The summed E-state index contributed by atoms with van der Waals surface area (Å²) in [6.45, 7) is 0.509. The van der Waals surface area contributed by atoms with E-state index in [0.717, 1.165) is 17.0 Å². The summed E-state index contributed by atoms with van der Waals surface area (Å²) in [4.78, 5) is 17.1. The van der Waals surface area contributed by atoms with Crippen LogP contribution in [0.3, 0.4) is 0 Å². The van der Waals surface area contributed by atoms with Crippen molar-refractivity contribution < 1.29 is 9.21 Å². The Labute approximate surface area is 184 Å². The Morgan fingerprint density at radius 3 is 2.87 bits per heavy atom. The van der Waals surface area contributed by atoms with Crippen molar-refractivity contribution in [2.45, 2.75) is 16.8 Å². The SMILES string of the molecule is N#CC(C(=O)CSc1nnc(NCc2ccco2)s1)c1nc(-c2ccccc2)cs1. The van der Waals surface area contributed by atoms with E-state index in [1.54, 1.807) is 6.26 Å². The number of aromatic nitrogens is 3. The van der Waals surface area contributed by atoms with Gasteiger partial charge in [-0.1, -0.05) is 53.4 Å².